The van der Waals surface area contributed by atoms with E-state index < -0.39 is 10.0 Å². The summed E-state index contributed by atoms with van der Waals surface area (Å²) in [4.78, 5) is 12.1. The highest BCUT2D eigenvalue weighted by Gasteiger charge is 2.36. The third-order valence-electron chi connectivity index (χ3n) is 7.86. The van der Waals surface area contributed by atoms with Gasteiger partial charge in [0.25, 0.3) is 0 Å². The average molecular weight is 578 g/mol. The smallest absolute Gasteiger partial charge is 0.243 e. The van der Waals surface area contributed by atoms with Gasteiger partial charge >= 0.3 is 0 Å². The second-order valence-corrected chi connectivity index (χ2v) is 12.8. The van der Waals surface area contributed by atoms with Crippen LogP contribution >= 0.6 is 0 Å². The molecule has 8 heteroatoms. The van der Waals surface area contributed by atoms with Crippen LogP contribution in [0.4, 0.5) is 11.4 Å². The standard InChI is InChI=1S/C34H35N5O2S/c1-37(2)31-13-9-10-26(18-31)19-32-24-38(23-30-21-35-25-36-30)34-17-16-28(27-11-5-3-6-12-27)20-29(34)22-39(32)42(40,41)33-14-7-4-8-15-33/h3-18,20-21,25,32H,19,22-24H2,1-2H3,(H,35,36)/t32-/m1/s1. The normalized spacial score (nSPS) is 15.7. The van der Waals surface area contributed by atoms with E-state index in [4.69, 9.17) is 0 Å². The third kappa shape index (κ3) is 5.82. The summed E-state index contributed by atoms with van der Waals surface area (Å²) in [5, 5.41) is 0. The molecular formula is C34H35N5O2S. The molecule has 1 aromatic heterocycles. The van der Waals surface area contributed by atoms with E-state index in [-0.39, 0.29) is 12.6 Å². The number of aromatic amines is 1. The van der Waals surface area contributed by atoms with E-state index in [1.165, 1.54) is 0 Å². The van der Waals surface area contributed by atoms with Gasteiger partial charge in [0, 0.05) is 50.8 Å². The number of aromatic nitrogens is 2. The number of sulfonamides is 1. The van der Waals surface area contributed by atoms with Crippen molar-refractivity contribution >= 4 is 21.4 Å². The Kier molecular flexibility index (Phi) is 7.82. The molecule has 1 N–H and O–H groups in total. The van der Waals surface area contributed by atoms with Gasteiger partial charge in [-0.2, -0.15) is 4.31 Å². The fraction of sp³-hybridized carbons (Fsp3) is 0.206. The molecule has 1 aliphatic heterocycles. The van der Waals surface area contributed by atoms with Crippen LogP contribution in [-0.4, -0.2) is 49.4 Å². The van der Waals surface area contributed by atoms with Crippen LogP contribution in [0.5, 0.6) is 0 Å². The topological polar surface area (TPSA) is 72.5 Å². The lowest BCUT2D eigenvalue weighted by atomic mass is 10.0. The van der Waals surface area contributed by atoms with Gasteiger partial charge in [0.2, 0.25) is 10.0 Å². The number of fused-ring (bicyclic) bond motifs is 1. The number of imidazole rings is 1. The lowest BCUT2D eigenvalue weighted by Gasteiger charge is -2.32. The first-order valence-corrected chi connectivity index (χ1v) is 15.6. The molecule has 0 amide bonds. The molecule has 6 rings (SSSR count). The molecule has 0 saturated carbocycles. The summed E-state index contributed by atoms with van der Waals surface area (Å²) in [7, 11) is 0.225. The van der Waals surface area contributed by atoms with E-state index in [0.29, 0.717) is 24.4 Å². The average Bonchev–Trinajstić information content (AvgIpc) is 3.48. The highest BCUT2D eigenvalue weighted by Crippen LogP contribution is 2.36. The highest BCUT2D eigenvalue weighted by atomic mass is 32.2. The molecule has 214 valence electrons. The Balaban J connectivity index is 1.48. The van der Waals surface area contributed by atoms with Crippen molar-refractivity contribution in [3.8, 4) is 11.1 Å². The molecule has 0 spiro atoms. The van der Waals surface area contributed by atoms with Gasteiger partial charge in [-0.1, -0.05) is 66.7 Å². The van der Waals surface area contributed by atoms with E-state index in [1.807, 2.05) is 50.6 Å². The molecule has 0 bridgehead atoms. The Labute approximate surface area is 248 Å². The van der Waals surface area contributed by atoms with Gasteiger partial charge in [0.05, 0.1) is 23.5 Å². The first-order chi connectivity index (χ1) is 20.4. The summed E-state index contributed by atoms with van der Waals surface area (Å²) in [6.07, 6.45) is 4.09. The minimum absolute atomic E-state index is 0.269. The van der Waals surface area contributed by atoms with Crippen molar-refractivity contribution in [2.45, 2.75) is 30.4 Å². The van der Waals surface area contributed by atoms with E-state index in [2.05, 4.69) is 68.3 Å². The predicted octanol–water partition coefficient (Wildman–Crippen LogP) is 5.97. The minimum atomic E-state index is -3.81. The number of rotatable bonds is 8. The van der Waals surface area contributed by atoms with Crippen molar-refractivity contribution in [2.75, 3.05) is 30.4 Å². The summed E-state index contributed by atoms with van der Waals surface area (Å²) in [5.41, 5.74) is 7.31. The summed E-state index contributed by atoms with van der Waals surface area (Å²) < 4.78 is 30.5. The quantitative estimate of drug-likeness (QED) is 0.246. The molecule has 42 heavy (non-hydrogen) atoms. The molecule has 4 aromatic carbocycles. The molecule has 5 aromatic rings. The van der Waals surface area contributed by atoms with Gasteiger partial charge in [0.15, 0.2) is 0 Å². The molecular weight excluding hydrogens is 542 g/mol. The van der Waals surface area contributed by atoms with Crippen molar-refractivity contribution in [3.63, 3.8) is 0 Å². The van der Waals surface area contributed by atoms with Crippen LogP contribution in [0.1, 0.15) is 16.8 Å². The largest absolute Gasteiger partial charge is 0.378 e. The molecule has 0 fully saturated rings. The lowest BCUT2D eigenvalue weighted by Crippen LogP contribution is -2.45. The minimum Gasteiger partial charge on any atom is -0.378 e. The number of hydrogen-bond donors (Lipinski definition) is 1. The van der Waals surface area contributed by atoms with Crippen LogP contribution in [0.25, 0.3) is 11.1 Å². The third-order valence-corrected chi connectivity index (χ3v) is 9.77. The van der Waals surface area contributed by atoms with Gasteiger partial charge in [-0.15, -0.1) is 0 Å². The fourth-order valence-electron chi connectivity index (χ4n) is 5.71. The van der Waals surface area contributed by atoms with Crippen LogP contribution in [0.15, 0.2) is 121 Å². The first kappa shape index (κ1) is 27.8. The Morgan fingerprint density at radius 2 is 1.64 bits per heavy atom. The van der Waals surface area contributed by atoms with Gasteiger partial charge in [-0.05, 0) is 65.1 Å². The zero-order chi connectivity index (χ0) is 29.1. The van der Waals surface area contributed by atoms with Crippen LogP contribution < -0.4 is 9.80 Å². The van der Waals surface area contributed by atoms with Crippen LogP contribution in [0.2, 0.25) is 0 Å². The molecule has 0 radical (unpaired) electrons. The number of anilines is 2. The first-order valence-electron chi connectivity index (χ1n) is 14.1. The highest BCUT2D eigenvalue weighted by molar-refractivity contribution is 7.89. The molecule has 2 heterocycles. The number of nitrogens with one attached hydrogen (secondary N) is 1. The number of nitrogens with zero attached hydrogens (tertiary/aromatic N) is 4. The lowest BCUT2D eigenvalue weighted by molar-refractivity contribution is 0.318. The van der Waals surface area contributed by atoms with Crippen LogP contribution in [-0.2, 0) is 29.5 Å². The zero-order valence-electron chi connectivity index (χ0n) is 23.9. The maximum absolute atomic E-state index is 14.4. The molecule has 1 atom stereocenters. The summed E-state index contributed by atoms with van der Waals surface area (Å²) >= 11 is 0. The Hall–Kier alpha value is -4.40. The summed E-state index contributed by atoms with van der Waals surface area (Å²) in [5.74, 6) is 0. The SMILES string of the molecule is CN(C)c1cccc(C[C@@H]2CN(Cc3cnc[nH]3)c3ccc(-c4ccccc4)cc3CN2S(=O)(=O)c2ccccc2)c1. The molecule has 0 aliphatic carbocycles. The van der Waals surface area contributed by atoms with Crippen LogP contribution in [0.3, 0.4) is 0 Å². The molecule has 1 aliphatic rings. The van der Waals surface area contributed by atoms with Crippen molar-refractivity contribution in [3.05, 3.63) is 132 Å². The van der Waals surface area contributed by atoms with E-state index in [0.717, 1.165) is 39.3 Å². The predicted molar refractivity (Wildman–Crippen MR) is 169 cm³/mol. The Morgan fingerprint density at radius 3 is 2.36 bits per heavy atom. The maximum Gasteiger partial charge on any atom is 0.243 e. The van der Waals surface area contributed by atoms with Gasteiger partial charge < -0.3 is 14.8 Å². The van der Waals surface area contributed by atoms with Crippen molar-refractivity contribution in [1.29, 1.82) is 0 Å². The van der Waals surface area contributed by atoms with Crippen molar-refractivity contribution in [2.24, 2.45) is 0 Å². The Bertz CT molecular complexity index is 1740. The maximum atomic E-state index is 14.4. The molecule has 0 saturated heterocycles. The fourth-order valence-corrected chi connectivity index (χ4v) is 7.32. The van der Waals surface area contributed by atoms with Crippen molar-refractivity contribution in [1.82, 2.24) is 14.3 Å². The molecule has 7 nitrogen and oxygen atoms in total. The van der Waals surface area contributed by atoms with E-state index in [9.17, 15) is 8.42 Å². The monoisotopic (exact) mass is 577 g/mol. The van der Waals surface area contributed by atoms with Gasteiger partial charge in [0.1, 0.15) is 0 Å². The van der Waals surface area contributed by atoms with E-state index in [1.54, 1.807) is 34.9 Å². The van der Waals surface area contributed by atoms with E-state index >= 15 is 0 Å². The number of benzene rings is 4. The summed E-state index contributed by atoms with van der Waals surface area (Å²) in [6.45, 7) is 1.38. The number of H-pyrrole nitrogens is 1. The summed E-state index contributed by atoms with van der Waals surface area (Å²) in [6, 6.07) is 33.5. The second-order valence-electron chi connectivity index (χ2n) is 11.0. The number of hydrogen-bond acceptors (Lipinski definition) is 5. The van der Waals surface area contributed by atoms with Gasteiger partial charge in [-0.25, -0.2) is 13.4 Å². The molecule has 0 unspecified atom stereocenters. The zero-order valence-corrected chi connectivity index (χ0v) is 24.7. The Morgan fingerprint density at radius 1 is 0.881 bits per heavy atom. The second kappa shape index (κ2) is 11.8. The van der Waals surface area contributed by atoms with Crippen molar-refractivity contribution < 1.29 is 8.42 Å². The van der Waals surface area contributed by atoms with Crippen LogP contribution in [0, 0.1) is 0 Å². The van der Waals surface area contributed by atoms with Gasteiger partial charge in [-0.3, -0.25) is 0 Å².